The lowest BCUT2D eigenvalue weighted by atomic mass is 9.77. The normalized spacial score (nSPS) is 21.8. The van der Waals surface area contributed by atoms with Gasteiger partial charge in [0, 0.05) is 49.1 Å². The summed E-state index contributed by atoms with van der Waals surface area (Å²) >= 11 is 0. The Hall–Kier alpha value is -4.04. The smallest absolute Gasteiger partial charge is 0.253 e. The number of carbonyl (C=O) groups excluding carboxylic acids is 2. The minimum Gasteiger partial charge on any atom is -0.491 e. The van der Waals surface area contributed by atoms with Gasteiger partial charge in [0.2, 0.25) is 12.7 Å². The van der Waals surface area contributed by atoms with Gasteiger partial charge in [-0.2, -0.15) is 0 Å². The lowest BCUT2D eigenvalue weighted by Crippen LogP contribution is -2.47. The summed E-state index contributed by atoms with van der Waals surface area (Å²) in [5.41, 5.74) is 3.32. The first-order valence-electron chi connectivity index (χ1n) is 12.6. The second kappa shape index (κ2) is 8.24. The van der Waals surface area contributed by atoms with Gasteiger partial charge in [0.15, 0.2) is 11.5 Å². The second-order valence-corrected chi connectivity index (χ2v) is 10.1. The van der Waals surface area contributed by atoms with Crippen LogP contribution in [0.3, 0.4) is 0 Å². The van der Waals surface area contributed by atoms with Crippen molar-refractivity contribution in [1.29, 1.82) is 0 Å². The zero-order valence-electron chi connectivity index (χ0n) is 20.6. The van der Waals surface area contributed by atoms with Gasteiger partial charge in [0.1, 0.15) is 17.8 Å². The van der Waals surface area contributed by atoms with Gasteiger partial charge in [-0.15, -0.1) is 0 Å². The fraction of sp³-hybridized carbons (Fsp3) is 0.310. The highest BCUT2D eigenvalue weighted by molar-refractivity contribution is 6.11. The maximum Gasteiger partial charge on any atom is 0.253 e. The van der Waals surface area contributed by atoms with Crippen LogP contribution in [0.2, 0.25) is 0 Å². The van der Waals surface area contributed by atoms with Crippen LogP contribution in [0.5, 0.6) is 17.2 Å². The average molecular weight is 498 g/mol. The van der Waals surface area contributed by atoms with Crippen molar-refractivity contribution < 1.29 is 23.8 Å². The molecule has 0 radical (unpaired) electrons. The van der Waals surface area contributed by atoms with Crippen LogP contribution in [-0.4, -0.2) is 68.2 Å². The van der Waals surface area contributed by atoms with E-state index < -0.39 is 5.41 Å². The van der Waals surface area contributed by atoms with Crippen LogP contribution >= 0.6 is 0 Å². The number of amides is 2. The molecule has 7 rings (SSSR count). The lowest BCUT2D eigenvalue weighted by molar-refractivity contribution is -0.122. The number of ether oxygens (including phenoxy) is 3. The molecule has 1 unspecified atom stereocenters. The van der Waals surface area contributed by atoms with Gasteiger partial charge < -0.3 is 28.9 Å². The second-order valence-electron chi connectivity index (χ2n) is 10.1. The molecule has 1 spiro atoms. The van der Waals surface area contributed by atoms with E-state index in [1.54, 1.807) is 0 Å². The highest BCUT2D eigenvalue weighted by atomic mass is 16.7. The van der Waals surface area contributed by atoms with Crippen molar-refractivity contribution in [3.63, 3.8) is 0 Å². The van der Waals surface area contributed by atoms with E-state index in [4.69, 9.17) is 14.2 Å². The van der Waals surface area contributed by atoms with Gasteiger partial charge in [0.05, 0.1) is 6.54 Å². The molecule has 0 bridgehead atoms. The molecule has 37 heavy (non-hydrogen) atoms. The van der Waals surface area contributed by atoms with Crippen molar-refractivity contribution in [3.05, 3.63) is 82.9 Å². The summed E-state index contributed by atoms with van der Waals surface area (Å²) in [5.74, 6) is 1.95. The van der Waals surface area contributed by atoms with Crippen LogP contribution in [0.25, 0.3) is 0 Å². The Balaban J connectivity index is 1.18. The third-order valence-electron chi connectivity index (χ3n) is 7.98. The largest absolute Gasteiger partial charge is 0.491 e. The molecular weight excluding hydrogens is 470 g/mol. The summed E-state index contributed by atoms with van der Waals surface area (Å²) in [6, 6.07) is 19.2. The number of fused-ring (bicyclic) bond motifs is 5. The summed E-state index contributed by atoms with van der Waals surface area (Å²) in [6.07, 6.45) is 0. The van der Waals surface area contributed by atoms with E-state index in [1.807, 2.05) is 70.5 Å². The highest BCUT2D eigenvalue weighted by Gasteiger charge is 2.57. The number of para-hydroxylation sites is 1. The maximum atomic E-state index is 14.2. The van der Waals surface area contributed by atoms with Gasteiger partial charge in [-0.25, -0.2) is 0 Å². The molecule has 1 saturated heterocycles. The van der Waals surface area contributed by atoms with Gasteiger partial charge in [-0.1, -0.05) is 30.3 Å². The van der Waals surface area contributed by atoms with E-state index in [2.05, 4.69) is 11.9 Å². The Labute approximate surface area is 214 Å². The first kappa shape index (κ1) is 22.2. The zero-order valence-corrected chi connectivity index (χ0v) is 20.6. The molecule has 4 heterocycles. The molecule has 0 saturated carbocycles. The summed E-state index contributed by atoms with van der Waals surface area (Å²) in [6.45, 7) is 4.05. The number of carbonyl (C=O) groups is 2. The molecular formula is C29H27N3O5. The summed E-state index contributed by atoms with van der Waals surface area (Å²) in [7, 11) is 2.07. The first-order valence-corrected chi connectivity index (χ1v) is 12.6. The number of anilines is 1. The molecule has 0 aliphatic carbocycles. The quantitative estimate of drug-likeness (QED) is 0.554. The van der Waals surface area contributed by atoms with E-state index in [0.717, 1.165) is 48.6 Å². The Bertz CT molecular complexity index is 1410. The molecule has 8 nitrogen and oxygen atoms in total. The molecule has 2 amide bonds. The van der Waals surface area contributed by atoms with E-state index in [0.29, 0.717) is 29.4 Å². The number of likely N-dealkylation sites (N-methyl/N-ethyl adjacent to an activating group) is 1. The molecule has 4 aliphatic heterocycles. The van der Waals surface area contributed by atoms with Crippen LogP contribution in [0, 0.1) is 0 Å². The maximum absolute atomic E-state index is 14.2. The van der Waals surface area contributed by atoms with Gasteiger partial charge in [0.25, 0.3) is 5.91 Å². The standard InChI is InChI=1S/C29H27N3O5/c1-30-10-12-31(13-11-30)27(33)20-8-6-19(7-9-20)16-32-23-5-3-2-4-21(23)29(28(32)34)17-35-24-15-26-25(14-22(24)29)36-18-37-26/h2-9,14-15H,10-13,16-18H2,1H3. The Morgan fingerprint density at radius 2 is 1.59 bits per heavy atom. The SMILES string of the molecule is CN1CCN(C(=O)c2ccc(CN3C(=O)C4(COc5cc6c(cc54)OCO6)c4ccccc43)cc2)CC1. The van der Waals surface area contributed by atoms with Crippen molar-refractivity contribution in [1.82, 2.24) is 9.80 Å². The van der Waals surface area contributed by atoms with Gasteiger partial charge >= 0.3 is 0 Å². The first-order chi connectivity index (χ1) is 18.0. The zero-order chi connectivity index (χ0) is 25.1. The molecule has 1 atom stereocenters. The summed E-state index contributed by atoms with van der Waals surface area (Å²) in [4.78, 5) is 33.1. The number of benzene rings is 3. The number of hydrogen-bond donors (Lipinski definition) is 0. The molecule has 0 N–H and O–H groups in total. The molecule has 188 valence electrons. The molecule has 3 aromatic carbocycles. The molecule has 0 aromatic heterocycles. The minimum absolute atomic E-state index is 0.0242. The Kier molecular flexibility index (Phi) is 4.94. The summed E-state index contributed by atoms with van der Waals surface area (Å²) in [5, 5.41) is 0. The number of nitrogens with zero attached hydrogens (tertiary/aromatic N) is 3. The van der Waals surface area contributed by atoms with Crippen molar-refractivity contribution in [2.24, 2.45) is 0 Å². The number of hydrogen-bond acceptors (Lipinski definition) is 6. The third-order valence-corrected chi connectivity index (χ3v) is 7.98. The lowest BCUT2D eigenvalue weighted by Gasteiger charge is -2.32. The van der Waals surface area contributed by atoms with E-state index in [1.165, 1.54) is 0 Å². The van der Waals surface area contributed by atoms with Crippen LogP contribution in [0.4, 0.5) is 5.69 Å². The van der Waals surface area contributed by atoms with Crippen LogP contribution in [0.1, 0.15) is 27.0 Å². The van der Waals surface area contributed by atoms with E-state index in [9.17, 15) is 9.59 Å². The van der Waals surface area contributed by atoms with Crippen molar-refractivity contribution >= 4 is 17.5 Å². The molecule has 8 heteroatoms. The van der Waals surface area contributed by atoms with E-state index in [-0.39, 0.29) is 25.2 Å². The third kappa shape index (κ3) is 3.32. The van der Waals surface area contributed by atoms with Gasteiger partial charge in [-0.05, 0) is 42.4 Å². The van der Waals surface area contributed by atoms with Crippen LogP contribution in [0.15, 0.2) is 60.7 Å². The predicted octanol–water partition coefficient (Wildman–Crippen LogP) is 3.03. The Morgan fingerprint density at radius 1 is 0.865 bits per heavy atom. The van der Waals surface area contributed by atoms with Crippen molar-refractivity contribution in [2.45, 2.75) is 12.0 Å². The predicted molar refractivity (Wildman–Crippen MR) is 136 cm³/mol. The van der Waals surface area contributed by atoms with E-state index >= 15 is 0 Å². The fourth-order valence-corrected chi connectivity index (χ4v) is 5.85. The topological polar surface area (TPSA) is 71.6 Å². The van der Waals surface area contributed by atoms with Crippen LogP contribution < -0.4 is 19.1 Å². The van der Waals surface area contributed by atoms with Crippen molar-refractivity contribution in [2.75, 3.05) is 51.5 Å². The highest BCUT2D eigenvalue weighted by Crippen LogP contribution is 2.55. The number of piperazine rings is 1. The number of rotatable bonds is 3. The monoisotopic (exact) mass is 497 g/mol. The average Bonchev–Trinajstić information content (AvgIpc) is 3.60. The summed E-state index contributed by atoms with van der Waals surface area (Å²) < 4.78 is 17.2. The van der Waals surface area contributed by atoms with Crippen molar-refractivity contribution in [3.8, 4) is 17.2 Å². The molecule has 3 aromatic rings. The molecule has 4 aliphatic rings. The Morgan fingerprint density at radius 3 is 2.38 bits per heavy atom. The fourth-order valence-electron chi connectivity index (χ4n) is 5.85. The minimum atomic E-state index is -0.926. The van der Waals surface area contributed by atoms with Gasteiger partial charge in [-0.3, -0.25) is 9.59 Å². The van der Waals surface area contributed by atoms with Crippen LogP contribution in [-0.2, 0) is 16.8 Å². The molecule has 1 fully saturated rings.